The van der Waals surface area contributed by atoms with Crippen LogP contribution in [0.1, 0.15) is 29.8 Å². The zero-order valence-corrected chi connectivity index (χ0v) is 15.4. The average Bonchev–Trinajstić information content (AvgIpc) is 2.93. The van der Waals surface area contributed by atoms with Crippen LogP contribution >= 0.6 is 0 Å². The molecule has 1 aromatic carbocycles. The second-order valence-electron chi connectivity index (χ2n) is 7.56. The summed E-state index contributed by atoms with van der Waals surface area (Å²) < 4.78 is 2.09. The fourth-order valence-corrected chi connectivity index (χ4v) is 4.25. The molecule has 2 saturated heterocycles. The number of piperazine rings is 1. The summed E-state index contributed by atoms with van der Waals surface area (Å²) in [6.07, 6.45) is 2.45. The Morgan fingerprint density at radius 3 is 2.52 bits per heavy atom. The zero-order valence-electron chi connectivity index (χ0n) is 15.4. The summed E-state index contributed by atoms with van der Waals surface area (Å²) in [6.45, 7) is 11.0. The maximum absolute atomic E-state index is 4.80. The Morgan fingerprint density at radius 1 is 1.08 bits per heavy atom. The van der Waals surface area contributed by atoms with Gasteiger partial charge in [-0.2, -0.15) is 5.10 Å². The summed E-state index contributed by atoms with van der Waals surface area (Å²) in [4.78, 5) is 2.59. The molecule has 0 amide bonds. The van der Waals surface area contributed by atoms with Crippen LogP contribution < -0.4 is 10.6 Å². The molecule has 2 aromatic rings. The first-order valence-electron chi connectivity index (χ1n) is 9.46. The van der Waals surface area contributed by atoms with E-state index in [1.807, 2.05) is 6.07 Å². The van der Waals surface area contributed by atoms with E-state index in [2.05, 4.69) is 58.3 Å². The second-order valence-corrected chi connectivity index (χ2v) is 7.56. The van der Waals surface area contributed by atoms with Gasteiger partial charge in [-0.3, -0.25) is 4.90 Å². The number of nitrogens with one attached hydrogen (secondary N) is 2. The molecule has 0 unspecified atom stereocenters. The van der Waals surface area contributed by atoms with E-state index in [1.54, 1.807) is 0 Å². The van der Waals surface area contributed by atoms with Crippen LogP contribution in [0.4, 0.5) is 0 Å². The molecular weight excluding hydrogens is 310 g/mol. The molecule has 4 rings (SSSR count). The van der Waals surface area contributed by atoms with Crippen molar-refractivity contribution < 1.29 is 0 Å². The van der Waals surface area contributed by atoms with Crippen LogP contribution in [0.3, 0.4) is 0 Å². The Kier molecular flexibility index (Phi) is 4.63. The van der Waals surface area contributed by atoms with Crippen LogP contribution in [0, 0.1) is 13.8 Å². The Morgan fingerprint density at radius 2 is 1.84 bits per heavy atom. The quantitative estimate of drug-likeness (QED) is 0.898. The minimum Gasteiger partial charge on any atom is -0.314 e. The van der Waals surface area contributed by atoms with E-state index in [0.29, 0.717) is 5.54 Å². The summed E-state index contributed by atoms with van der Waals surface area (Å²) >= 11 is 0. The number of hydrogen-bond donors (Lipinski definition) is 2. The number of aryl methyl sites for hydroxylation is 1. The number of aromatic nitrogens is 2. The Labute approximate surface area is 150 Å². The van der Waals surface area contributed by atoms with Gasteiger partial charge in [-0.25, -0.2) is 4.68 Å². The fourth-order valence-electron chi connectivity index (χ4n) is 4.25. The standard InChI is InChI=1S/C20H29N5/c1-16-19(17(2)25(23-16)18-6-4-3-5-7-18)14-24-12-8-20(9-13-24)15-21-10-11-22-20/h3-7,21-22H,8-15H2,1-2H3. The van der Waals surface area contributed by atoms with E-state index < -0.39 is 0 Å². The first-order valence-corrected chi connectivity index (χ1v) is 9.46. The Bertz CT molecular complexity index is 705. The van der Waals surface area contributed by atoms with Crippen LogP contribution in [-0.2, 0) is 6.54 Å². The van der Waals surface area contributed by atoms with Crippen molar-refractivity contribution in [2.24, 2.45) is 0 Å². The molecule has 1 spiro atoms. The fraction of sp³-hybridized carbons (Fsp3) is 0.550. The van der Waals surface area contributed by atoms with Crippen LogP contribution in [0.25, 0.3) is 5.69 Å². The van der Waals surface area contributed by atoms with Gasteiger partial charge in [0.15, 0.2) is 0 Å². The molecule has 2 aliphatic heterocycles. The predicted molar refractivity (Wildman–Crippen MR) is 101 cm³/mol. The third-order valence-corrected chi connectivity index (χ3v) is 5.90. The molecule has 0 saturated carbocycles. The molecule has 3 heterocycles. The molecule has 5 heteroatoms. The zero-order chi connectivity index (χ0) is 17.3. The molecule has 0 radical (unpaired) electrons. The lowest BCUT2D eigenvalue weighted by Gasteiger charge is -2.45. The number of nitrogens with zero attached hydrogens (tertiary/aromatic N) is 3. The molecule has 0 aliphatic carbocycles. The Balaban J connectivity index is 1.46. The molecule has 2 aliphatic rings. The number of hydrogen-bond acceptors (Lipinski definition) is 4. The molecule has 5 nitrogen and oxygen atoms in total. The van der Waals surface area contributed by atoms with Gasteiger partial charge in [-0.1, -0.05) is 18.2 Å². The molecular formula is C20H29N5. The average molecular weight is 339 g/mol. The summed E-state index contributed by atoms with van der Waals surface area (Å²) in [5.41, 5.74) is 5.27. The van der Waals surface area contributed by atoms with E-state index in [4.69, 9.17) is 5.10 Å². The minimum absolute atomic E-state index is 0.326. The van der Waals surface area contributed by atoms with E-state index in [9.17, 15) is 0 Å². The van der Waals surface area contributed by atoms with Crippen LogP contribution in [0.15, 0.2) is 30.3 Å². The highest BCUT2D eigenvalue weighted by molar-refractivity contribution is 5.36. The SMILES string of the molecule is Cc1nn(-c2ccccc2)c(C)c1CN1CCC2(CC1)CNCCN2. The van der Waals surface area contributed by atoms with Gasteiger partial charge in [0.25, 0.3) is 0 Å². The van der Waals surface area contributed by atoms with Gasteiger partial charge in [0.1, 0.15) is 0 Å². The van der Waals surface area contributed by atoms with Crippen molar-refractivity contribution in [1.82, 2.24) is 25.3 Å². The first kappa shape index (κ1) is 16.8. The monoisotopic (exact) mass is 339 g/mol. The van der Waals surface area contributed by atoms with Crippen LogP contribution in [0.5, 0.6) is 0 Å². The van der Waals surface area contributed by atoms with E-state index >= 15 is 0 Å². The predicted octanol–water partition coefficient (Wildman–Crippen LogP) is 2.02. The van der Waals surface area contributed by atoms with Crippen LogP contribution in [-0.4, -0.2) is 52.9 Å². The third kappa shape index (κ3) is 3.36. The van der Waals surface area contributed by atoms with Crippen molar-refractivity contribution >= 4 is 0 Å². The summed E-state index contributed by atoms with van der Waals surface area (Å²) in [7, 11) is 0. The van der Waals surface area contributed by atoms with Crippen molar-refractivity contribution in [1.29, 1.82) is 0 Å². The summed E-state index contributed by atoms with van der Waals surface area (Å²) in [6, 6.07) is 10.4. The van der Waals surface area contributed by atoms with Crippen molar-refractivity contribution in [2.75, 3.05) is 32.7 Å². The highest BCUT2D eigenvalue weighted by atomic mass is 15.3. The van der Waals surface area contributed by atoms with E-state index in [-0.39, 0.29) is 0 Å². The lowest BCUT2D eigenvalue weighted by atomic mass is 9.86. The number of rotatable bonds is 3. The number of piperidine rings is 1. The van der Waals surface area contributed by atoms with E-state index in [0.717, 1.165) is 50.6 Å². The van der Waals surface area contributed by atoms with Gasteiger partial charge in [-0.05, 0) is 38.8 Å². The lowest BCUT2D eigenvalue weighted by molar-refractivity contribution is 0.116. The highest BCUT2D eigenvalue weighted by Gasteiger charge is 2.35. The Hall–Kier alpha value is -1.69. The van der Waals surface area contributed by atoms with Gasteiger partial charge in [0.05, 0.1) is 11.4 Å². The molecule has 134 valence electrons. The maximum Gasteiger partial charge on any atom is 0.0648 e. The largest absolute Gasteiger partial charge is 0.314 e. The van der Waals surface area contributed by atoms with Gasteiger partial charge < -0.3 is 10.6 Å². The van der Waals surface area contributed by atoms with Gasteiger partial charge in [0.2, 0.25) is 0 Å². The van der Waals surface area contributed by atoms with Crippen LogP contribution in [0.2, 0.25) is 0 Å². The van der Waals surface area contributed by atoms with Crippen molar-refractivity contribution in [3.05, 3.63) is 47.3 Å². The van der Waals surface area contributed by atoms with E-state index in [1.165, 1.54) is 24.1 Å². The molecule has 0 atom stereocenters. The van der Waals surface area contributed by atoms with Crippen molar-refractivity contribution in [3.63, 3.8) is 0 Å². The second kappa shape index (κ2) is 6.90. The first-order chi connectivity index (χ1) is 12.2. The lowest BCUT2D eigenvalue weighted by Crippen LogP contribution is -2.63. The van der Waals surface area contributed by atoms with Gasteiger partial charge in [-0.15, -0.1) is 0 Å². The number of benzene rings is 1. The molecule has 0 bridgehead atoms. The van der Waals surface area contributed by atoms with Crippen molar-refractivity contribution in [2.45, 2.75) is 38.8 Å². The molecule has 1 aromatic heterocycles. The smallest absolute Gasteiger partial charge is 0.0648 e. The normalized spacial score (nSPS) is 20.9. The topological polar surface area (TPSA) is 45.1 Å². The molecule has 2 N–H and O–H groups in total. The third-order valence-electron chi connectivity index (χ3n) is 5.90. The number of para-hydroxylation sites is 1. The van der Waals surface area contributed by atoms with Crippen molar-refractivity contribution in [3.8, 4) is 5.69 Å². The summed E-state index contributed by atoms with van der Waals surface area (Å²) in [5.74, 6) is 0. The summed E-state index contributed by atoms with van der Waals surface area (Å²) in [5, 5.41) is 12.1. The minimum atomic E-state index is 0.326. The van der Waals surface area contributed by atoms with Gasteiger partial charge >= 0.3 is 0 Å². The molecule has 25 heavy (non-hydrogen) atoms. The highest BCUT2D eigenvalue weighted by Crippen LogP contribution is 2.26. The van der Waals surface area contributed by atoms with Gasteiger partial charge in [0, 0.05) is 56.1 Å². The number of likely N-dealkylation sites (tertiary alicyclic amines) is 1. The maximum atomic E-state index is 4.80. The molecule has 2 fully saturated rings.